The lowest BCUT2D eigenvalue weighted by molar-refractivity contribution is -0.139. The summed E-state index contributed by atoms with van der Waals surface area (Å²) in [7, 11) is 1.32. The van der Waals surface area contributed by atoms with Crippen molar-refractivity contribution in [3.05, 3.63) is 63.6 Å². The largest absolute Gasteiger partial charge is 0.469 e. The van der Waals surface area contributed by atoms with Gasteiger partial charge >= 0.3 is 5.97 Å². The molecule has 0 unspecified atom stereocenters. The maximum atomic E-state index is 12.8. The maximum absolute atomic E-state index is 12.8. The molecular weight excluding hydrogens is 292 g/mol. The minimum Gasteiger partial charge on any atom is -0.469 e. The lowest BCUT2D eigenvalue weighted by Crippen LogP contribution is -2.40. The Morgan fingerprint density at radius 3 is 2.48 bits per heavy atom. The van der Waals surface area contributed by atoms with E-state index >= 15 is 0 Å². The number of nitrogens with zero attached hydrogens (tertiary/aromatic N) is 2. The van der Waals surface area contributed by atoms with Gasteiger partial charge in [0, 0.05) is 18.3 Å². The molecule has 5 nitrogen and oxygen atoms in total. The summed E-state index contributed by atoms with van der Waals surface area (Å²) in [5, 5.41) is 1.90. The molecule has 0 saturated carbocycles. The molecule has 0 bridgehead atoms. The minimum absolute atomic E-state index is 0.0205. The van der Waals surface area contributed by atoms with Gasteiger partial charge in [-0.1, -0.05) is 18.2 Å². The molecule has 1 aromatic heterocycles. The van der Waals surface area contributed by atoms with Gasteiger partial charge in [0.1, 0.15) is 0 Å². The second kappa shape index (κ2) is 7.13. The minimum atomic E-state index is -0.415. The quantitative estimate of drug-likeness (QED) is 0.796. The van der Waals surface area contributed by atoms with Gasteiger partial charge in [0.15, 0.2) is 0 Å². The molecule has 0 aliphatic heterocycles. The van der Waals surface area contributed by atoms with Crippen molar-refractivity contribution in [2.75, 3.05) is 18.7 Å². The molecule has 1 heterocycles. The van der Waals surface area contributed by atoms with Gasteiger partial charge < -0.3 is 4.74 Å². The number of methoxy groups -OCH3 is 1. The number of ether oxygens (including phenoxy) is 1. The first-order valence-corrected chi connectivity index (χ1v) is 7.61. The SMILES string of the molecule is CCN(c1ccccc1C)n1ccc(C)c(CC(=O)OC)c1=O. The van der Waals surface area contributed by atoms with Crippen LogP contribution in [-0.2, 0) is 16.0 Å². The third-order valence-electron chi connectivity index (χ3n) is 3.91. The van der Waals surface area contributed by atoms with E-state index in [1.807, 2.05) is 56.1 Å². The molecule has 122 valence electrons. The molecule has 0 spiro atoms. The molecule has 0 amide bonds. The van der Waals surface area contributed by atoms with Gasteiger partial charge in [0.2, 0.25) is 0 Å². The summed E-state index contributed by atoms with van der Waals surface area (Å²) < 4.78 is 6.26. The molecule has 0 aliphatic rings. The highest BCUT2D eigenvalue weighted by molar-refractivity contribution is 5.72. The van der Waals surface area contributed by atoms with Crippen LogP contribution in [-0.4, -0.2) is 24.3 Å². The van der Waals surface area contributed by atoms with Crippen molar-refractivity contribution in [2.45, 2.75) is 27.2 Å². The average molecular weight is 314 g/mol. The fourth-order valence-electron chi connectivity index (χ4n) is 2.57. The van der Waals surface area contributed by atoms with Gasteiger partial charge in [-0.25, -0.2) is 4.68 Å². The van der Waals surface area contributed by atoms with Gasteiger partial charge in [0.25, 0.3) is 5.56 Å². The van der Waals surface area contributed by atoms with Crippen LogP contribution in [0.15, 0.2) is 41.3 Å². The van der Waals surface area contributed by atoms with Crippen molar-refractivity contribution in [1.29, 1.82) is 0 Å². The number of hydrogen-bond acceptors (Lipinski definition) is 4. The molecule has 0 atom stereocenters. The number of carbonyl (C=O) groups is 1. The first-order valence-electron chi connectivity index (χ1n) is 7.61. The first kappa shape index (κ1) is 16.8. The Morgan fingerprint density at radius 1 is 1.17 bits per heavy atom. The number of para-hydroxylation sites is 1. The molecule has 0 radical (unpaired) electrons. The van der Waals surface area contributed by atoms with Crippen molar-refractivity contribution in [3.8, 4) is 0 Å². The van der Waals surface area contributed by atoms with E-state index in [2.05, 4.69) is 0 Å². The second-order valence-corrected chi connectivity index (χ2v) is 5.38. The number of hydrogen-bond donors (Lipinski definition) is 0. The molecule has 0 fully saturated rings. The third kappa shape index (κ3) is 3.44. The summed E-state index contributed by atoms with van der Waals surface area (Å²) in [6.45, 7) is 6.45. The monoisotopic (exact) mass is 314 g/mol. The van der Waals surface area contributed by atoms with Crippen LogP contribution in [0.25, 0.3) is 0 Å². The molecule has 5 heteroatoms. The molecule has 0 N–H and O–H groups in total. The Morgan fingerprint density at radius 2 is 1.87 bits per heavy atom. The summed E-state index contributed by atoms with van der Waals surface area (Å²) in [4.78, 5) is 24.4. The van der Waals surface area contributed by atoms with Crippen LogP contribution in [0.3, 0.4) is 0 Å². The zero-order chi connectivity index (χ0) is 17.0. The predicted molar refractivity (Wildman–Crippen MR) is 90.8 cm³/mol. The van der Waals surface area contributed by atoms with Gasteiger partial charge in [-0.2, -0.15) is 0 Å². The zero-order valence-corrected chi connectivity index (χ0v) is 14.0. The van der Waals surface area contributed by atoms with E-state index in [9.17, 15) is 9.59 Å². The lowest BCUT2D eigenvalue weighted by Gasteiger charge is -2.27. The molecule has 0 aliphatic carbocycles. The number of benzene rings is 1. The van der Waals surface area contributed by atoms with Crippen LogP contribution in [0.5, 0.6) is 0 Å². The topological polar surface area (TPSA) is 51.5 Å². The van der Waals surface area contributed by atoms with Crippen LogP contribution in [0.4, 0.5) is 5.69 Å². The number of aromatic nitrogens is 1. The number of pyridine rings is 1. The predicted octanol–water partition coefficient (Wildman–Crippen LogP) is 2.47. The summed E-state index contributed by atoms with van der Waals surface area (Å²) >= 11 is 0. The maximum Gasteiger partial charge on any atom is 0.310 e. The molecule has 23 heavy (non-hydrogen) atoms. The van der Waals surface area contributed by atoms with E-state index in [1.165, 1.54) is 7.11 Å². The standard InChI is InChI=1S/C18H22N2O3/c1-5-19(16-9-7-6-8-14(16)3)20-11-10-13(2)15(18(20)22)12-17(21)23-4/h6-11H,5,12H2,1-4H3. The number of anilines is 1. The average Bonchev–Trinajstić information content (AvgIpc) is 2.55. The van der Waals surface area contributed by atoms with Gasteiger partial charge in [-0.05, 0) is 44.0 Å². The Hall–Kier alpha value is -2.56. The van der Waals surface area contributed by atoms with Crippen LogP contribution in [0.1, 0.15) is 23.6 Å². The van der Waals surface area contributed by atoms with Crippen LogP contribution in [0, 0.1) is 13.8 Å². The van der Waals surface area contributed by atoms with Crippen molar-refractivity contribution < 1.29 is 9.53 Å². The van der Waals surface area contributed by atoms with E-state index in [4.69, 9.17) is 4.74 Å². The normalized spacial score (nSPS) is 10.4. The van der Waals surface area contributed by atoms with Gasteiger partial charge in [-0.3, -0.25) is 14.6 Å². The highest BCUT2D eigenvalue weighted by Crippen LogP contribution is 2.19. The van der Waals surface area contributed by atoms with E-state index in [0.717, 1.165) is 16.8 Å². The third-order valence-corrected chi connectivity index (χ3v) is 3.91. The number of aryl methyl sites for hydroxylation is 2. The van der Waals surface area contributed by atoms with Crippen LogP contribution in [0.2, 0.25) is 0 Å². The Labute approximate surface area is 136 Å². The van der Waals surface area contributed by atoms with E-state index in [0.29, 0.717) is 12.1 Å². The van der Waals surface area contributed by atoms with Gasteiger partial charge in [0.05, 0.1) is 19.2 Å². The zero-order valence-electron chi connectivity index (χ0n) is 14.0. The Bertz CT molecular complexity index is 765. The molecule has 1 aromatic carbocycles. The van der Waals surface area contributed by atoms with Crippen molar-refractivity contribution >= 4 is 11.7 Å². The first-order chi connectivity index (χ1) is 11.0. The summed E-state index contributed by atoms with van der Waals surface area (Å²) in [6.07, 6.45) is 1.72. The summed E-state index contributed by atoms with van der Waals surface area (Å²) in [5.74, 6) is -0.415. The van der Waals surface area contributed by atoms with Crippen molar-refractivity contribution in [2.24, 2.45) is 0 Å². The van der Waals surface area contributed by atoms with E-state index in [-0.39, 0.29) is 12.0 Å². The summed E-state index contributed by atoms with van der Waals surface area (Å²) in [5.41, 5.74) is 3.10. The number of esters is 1. The van der Waals surface area contributed by atoms with Crippen LogP contribution < -0.4 is 10.6 Å². The van der Waals surface area contributed by atoms with Crippen molar-refractivity contribution in [1.82, 2.24) is 4.68 Å². The lowest BCUT2D eigenvalue weighted by atomic mass is 10.1. The highest BCUT2D eigenvalue weighted by atomic mass is 16.5. The fourth-order valence-corrected chi connectivity index (χ4v) is 2.57. The fraction of sp³-hybridized carbons (Fsp3) is 0.333. The smallest absolute Gasteiger partial charge is 0.310 e. The van der Waals surface area contributed by atoms with Crippen molar-refractivity contribution in [3.63, 3.8) is 0 Å². The van der Waals surface area contributed by atoms with E-state index < -0.39 is 5.97 Å². The number of carbonyl (C=O) groups excluding carboxylic acids is 1. The Kier molecular flexibility index (Phi) is 5.21. The molecular formula is C18H22N2O3. The molecule has 2 rings (SSSR count). The highest BCUT2D eigenvalue weighted by Gasteiger charge is 2.16. The molecule has 2 aromatic rings. The van der Waals surface area contributed by atoms with E-state index in [1.54, 1.807) is 10.9 Å². The second-order valence-electron chi connectivity index (χ2n) is 5.38. The Balaban J connectivity index is 2.54. The molecule has 0 saturated heterocycles. The number of rotatable bonds is 5. The van der Waals surface area contributed by atoms with Crippen LogP contribution >= 0.6 is 0 Å². The van der Waals surface area contributed by atoms with Gasteiger partial charge in [-0.15, -0.1) is 0 Å². The summed E-state index contributed by atoms with van der Waals surface area (Å²) in [6, 6.07) is 9.74.